The molecule has 0 atom stereocenters. The summed E-state index contributed by atoms with van der Waals surface area (Å²) in [4.78, 5) is 0. The molecule has 4 heteroatoms. The van der Waals surface area contributed by atoms with Gasteiger partial charge in [-0.2, -0.15) is 0 Å². The van der Waals surface area contributed by atoms with Crippen molar-refractivity contribution in [3.8, 4) is 0 Å². The van der Waals surface area contributed by atoms with E-state index in [4.69, 9.17) is 12.2 Å². The van der Waals surface area contributed by atoms with Crippen molar-refractivity contribution in [2.75, 3.05) is 6.54 Å². The van der Waals surface area contributed by atoms with Gasteiger partial charge in [-0.3, -0.25) is 0 Å². The molecule has 1 aliphatic heterocycles. The minimum Gasteiger partial charge on any atom is -0.370 e. The zero-order valence-corrected chi connectivity index (χ0v) is 7.90. The fraction of sp³-hybridized carbons (Fsp3) is 0.800. The largest absolute Gasteiger partial charge is 2.00 e. The maximum absolute atomic E-state index is 4.92. The van der Waals surface area contributed by atoms with Gasteiger partial charge in [0.25, 0.3) is 0 Å². The molecule has 0 aromatic heterocycles. The summed E-state index contributed by atoms with van der Waals surface area (Å²) < 4.78 is 1.27. The molecule has 1 aliphatic rings. The summed E-state index contributed by atoms with van der Waals surface area (Å²) in [5, 5.41) is 3.10. The molecule has 1 N–H and O–H groups in total. The molecule has 1 nitrogen and oxygen atoms in total. The summed E-state index contributed by atoms with van der Waals surface area (Å²) in [7, 11) is 0. The van der Waals surface area contributed by atoms with Crippen LogP contribution in [-0.2, 0) is 17.1 Å². The molecule has 0 unspecified atom stereocenters. The van der Waals surface area contributed by atoms with E-state index in [1.807, 2.05) is 0 Å². The number of thiocarbonyl (C=S) groups is 1. The van der Waals surface area contributed by atoms with Crippen LogP contribution in [0.25, 0.3) is 0 Å². The van der Waals surface area contributed by atoms with Crippen molar-refractivity contribution in [2.24, 2.45) is 0 Å². The fourth-order valence-electron chi connectivity index (χ4n) is 0.608. The summed E-state index contributed by atoms with van der Waals surface area (Å²) in [5.41, 5.74) is 0. The van der Waals surface area contributed by atoms with E-state index in [9.17, 15) is 0 Å². The smallest absolute Gasteiger partial charge is 0.370 e. The molecule has 1 radical (unpaired) electrons. The van der Waals surface area contributed by atoms with Gasteiger partial charge >= 0.3 is 17.1 Å². The molecular weight excluding hydrogens is 202 g/mol. The summed E-state index contributed by atoms with van der Waals surface area (Å²) in [6.07, 6.45) is 0. The molecule has 0 spiro atoms. The first kappa shape index (κ1) is 9.76. The first-order valence-corrected chi connectivity index (χ1v) is 3.79. The van der Waals surface area contributed by atoms with Crippen molar-refractivity contribution in [3.63, 3.8) is 0 Å². The second-order valence-corrected chi connectivity index (χ2v) is 4.89. The molecule has 55 valence electrons. The van der Waals surface area contributed by atoms with Crippen LogP contribution in [0.15, 0.2) is 0 Å². The molecule has 0 bridgehead atoms. The van der Waals surface area contributed by atoms with E-state index in [1.165, 1.54) is 0 Å². The van der Waals surface area contributed by atoms with Gasteiger partial charge in [-0.05, 0) is 13.8 Å². The van der Waals surface area contributed by atoms with Gasteiger partial charge in [0.15, 0.2) is 0 Å². The van der Waals surface area contributed by atoms with Crippen LogP contribution in [0.1, 0.15) is 13.8 Å². The maximum atomic E-state index is 4.92. The Bertz CT molecular complexity index is 124. The van der Waals surface area contributed by atoms with Gasteiger partial charge in [0.1, 0.15) is 4.32 Å². The van der Waals surface area contributed by atoms with Gasteiger partial charge in [-0.15, -0.1) is 0 Å². The predicted molar refractivity (Wildman–Crippen MR) is 42.3 cm³/mol. The van der Waals surface area contributed by atoms with Crippen molar-refractivity contribution in [1.29, 1.82) is 0 Å². The molecule has 0 aliphatic carbocycles. The molecule has 1 fully saturated rings. The Hall–Kier alpha value is 0.759. The van der Waals surface area contributed by atoms with Crippen molar-refractivity contribution in [2.45, 2.75) is 18.6 Å². The molecule has 0 amide bonds. The average Bonchev–Trinajstić information content (AvgIpc) is 1.82. The Morgan fingerprint density at radius 2 is 2.22 bits per heavy atom. The molecule has 1 saturated heterocycles. The quantitative estimate of drug-likeness (QED) is 0.480. The molecule has 1 heterocycles. The van der Waals surface area contributed by atoms with E-state index < -0.39 is 0 Å². The van der Waals surface area contributed by atoms with Crippen molar-refractivity contribution < 1.29 is 17.1 Å². The van der Waals surface area contributed by atoms with E-state index in [0.717, 1.165) is 10.9 Å². The Balaban J connectivity index is 0.000000640. The molecule has 0 saturated carbocycles. The number of hydrogen-bond donors (Lipinski definition) is 1. The topological polar surface area (TPSA) is 12.0 Å². The van der Waals surface area contributed by atoms with Gasteiger partial charge in [0.2, 0.25) is 0 Å². The Morgan fingerprint density at radius 1 is 1.67 bits per heavy atom. The van der Waals surface area contributed by atoms with Crippen molar-refractivity contribution >= 4 is 28.3 Å². The van der Waals surface area contributed by atoms with Crippen LogP contribution in [0, 0.1) is 0 Å². The fourth-order valence-corrected chi connectivity index (χ4v) is 2.15. The second kappa shape index (κ2) is 3.24. The summed E-state index contributed by atoms with van der Waals surface area (Å²) in [6, 6.07) is 0. The number of thioether (sulfide) groups is 1. The third kappa shape index (κ3) is 2.89. The maximum Gasteiger partial charge on any atom is 2.00 e. The number of nitrogens with one attached hydrogen (secondary N) is 1. The number of rotatable bonds is 0. The summed E-state index contributed by atoms with van der Waals surface area (Å²) in [5.74, 6) is 0. The van der Waals surface area contributed by atoms with Crippen LogP contribution in [0.3, 0.4) is 0 Å². The minimum absolute atomic E-state index is 0. The zero-order chi connectivity index (χ0) is 6.20. The molecule has 1 rings (SSSR count). The first-order chi connectivity index (χ1) is 3.60. The molecule has 0 aromatic carbocycles. The first-order valence-electron chi connectivity index (χ1n) is 2.57. The Kier molecular flexibility index (Phi) is 3.51. The van der Waals surface area contributed by atoms with E-state index >= 15 is 0 Å². The van der Waals surface area contributed by atoms with Gasteiger partial charge < -0.3 is 5.32 Å². The normalized spacial score (nSPS) is 22.7. The Labute approximate surface area is 75.8 Å². The minimum atomic E-state index is 0. The van der Waals surface area contributed by atoms with Gasteiger partial charge in [0, 0.05) is 11.3 Å². The van der Waals surface area contributed by atoms with E-state index in [1.54, 1.807) is 11.8 Å². The molecule has 0 aromatic rings. The van der Waals surface area contributed by atoms with Gasteiger partial charge in [-0.1, -0.05) is 24.0 Å². The third-order valence-electron chi connectivity index (χ3n) is 1.03. The predicted octanol–water partition coefficient (Wildman–Crippen LogP) is 1.38. The average molecular weight is 211 g/mol. The van der Waals surface area contributed by atoms with Crippen LogP contribution in [0.4, 0.5) is 0 Å². The Morgan fingerprint density at radius 3 is 2.33 bits per heavy atom. The van der Waals surface area contributed by atoms with Crippen LogP contribution in [0.5, 0.6) is 0 Å². The second-order valence-electron chi connectivity index (χ2n) is 2.50. The van der Waals surface area contributed by atoms with E-state index in [2.05, 4.69) is 19.2 Å². The van der Waals surface area contributed by atoms with Crippen LogP contribution in [-0.4, -0.2) is 15.6 Å². The van der Waals surface area contributed by atoms with Gasteiger partial charge in [0.05, 0.1) is 0 Å². The van der Waals surface area contributed by atoms with Crippen LogP contribution < -0.4 is 5.32 Å². The molecular formula is C5H9CuNS2+2. The third-order valence-corrected chi connectivity index (χ3v) is 2.45. The van der Waals surface area contributed by atoms with Crippen molar-refractivity contribution in [3.05, 3.63) is 0 Å². The number of hydrogen-bond acceptors (Lipinski definition) is 2. The monoisotopic (exact) mass is 210 g/mol. The zero-order valence-electron chi connectivity index (χ0n) is 5.33. The van der Waals surface area contributed by atoms with Crippen LogP contribution in [0.2, 0.25) is 0 Å². The standard InChI is InChI=1S/C5H9NS2.Cu/c1-5(2)3-6-4(7)8-5;/h3H2,1-2H3,(H,6,7);/q;+2. The van der Waals surface area contributed by atoms with Gasteiger partial charge in [-0.25, -0.2) is 0 Å². The summed E-state index contributed by atoms with van der Waals surface area (Å²) >= 11 is 6.66. The van der Waals surface area contributed by atoms with Crippen molar-refractivity contribution in [1.82, 2.24) is 5.32 Å². The van der Waals surface area contributed by atoms with Crippen LogP contribution >= 0.6 is 24.0 Å². The molecule has 9 heavy (non-hydrogen) atoms. The van der Waals surface area contributed by atoms with E-state index in [0.29, 0.717) is 4.75 Å². The summed E-state index contributed by atoms with van der Waals surface area (Å²) in [6.45, 7) is 5.38. The SMILES string of the molecule is CC1(C)CNC(=S)S1.[Cu+2]. The van der Waals surface area contributed by atoms with E-state index in [-0.39, 0.29) is 17.1 Å².